The molecule has 1 aromatic heterocycles. The van der Waals surface area contributed by atoms with Crippen LogP contribution in [0.4, 0.5) is 0 Å². The minimum absolute atomic E-state index is 0.800. The molecule has 0 aromatic carbocycles. The predicted molar refractivity (Wildman–Crippen MR) is 65.1 cm³/mol. The molecular weight excluding hydrogens is 206 g/mol. The zero-order valence-electron chi connectivity index (χ0n) is 9.08. The highest BCUT2D eigenvalue weighted by atomic mass is 32.2. The highest BCUT2D eigenvalue weighted by Gasteiger charge is 2.13. The maximum Gasteiger partial charge on any atom is 0.113 e. The van der Waals surface area contributed by atoms with Gasteiger partial charge in [-0.15, -0.1) is 0 Å². The van der Waals surface area contributed by atoms with Gasteiger partial charge in [-0.1, -0.05) is 12.8 Å². The molecule has 0 unspecified atom stereocenters. The molecule has 1 heterocycles. The summed E-state index contributed by atoms with van der Waals surface area (Å²) in [4.78, 5) is 0. The minimum atomic E-state index is 0.800. The van der Waals surface area contributed by atoms with Gasteiger partial charge in [0.1, 0.15) is 5.76 Å². The number of thioether (sulfide) groups is 1. The minimum Gasteiger partial charge on any atom is -0.468 e. The molecular formula is C12H19NOS. The van der Waals surface area contributed by atoms with Crippen LogP contribution in [0.5, 0.6) is 0 Å². The molecule has 1 saturated carbocycles. The van der Waals surface area contributed by atoms with Crippen LogP contribution in [-0.4, -0.2) is 18.3 Å². The van der Waals surface area contributed by atoms with Crippen LogP contribution in [0.15, 0.2) is 22.8 Å². The van der Waals surface area contributed by atoms with Crippen molar-refractivity contribution in [2.24, 2.45) is 0 Å². The van der Waals surface area contributed by atoms with Gasteiger partial charge in [0.25, 0.3) is 0 Å². The van der Waals surface area contributed by atoms with Gasteiger partial charge in [0.2, 0.25) is 0 Å². The van der Waals surface area contributed by atoms with Crippen LogP contribution in [0.1, 0.15) is 31.4 Å². The lowest BCUT2D eigenvalue weighted by molar-refractivity contribution is 0.529. The quantitative estimate of drug-likeness (QED) is 0.753. The van der Waals surface area contributed by atoms with Gasteiger partial charge >= 0.3 is 0 Å². The molecule has 1 fully saturated rings. The lowest BCUT2D eigenvalue weighted by Crippen LogP contribution is -2.28. The van der Waals surface area contributed by atoms with Crippen molar-refractivity contribution in [1.29, 1.82) is 0 Å². The molecule has 0 bridgehead atoms. The van der Waals surface area contributed by atoms with Gasteiger partial charge in [0.15, 0.2) is 0 Å². The highest BCUT2D eigenvalue weighted by Crippen LogP contribution is 2.17. The molecule has 15 heavy (non-hydrogen) atoms. The third-order valence-electron chi connectivity index (χ3n) is 2.86. The zero-order valence-corrected chi connectivity index (χ0v) is 9.89. The van der Waals surface area contributed by atoms with Crippen molar-refractivity contribution >= 4 is 11.8 Å². The standard InChI is InChI=1S/C12H19NOS/c1-2-5-11(4-1)13-7-9-15-10-12-6-3-8-14-12/h3,6,8,11,13H,1-2,4-5,7,9-10H2. The van der Waals surface area contributed by atoms with Gasteiger partial charge in [0, 0.05) is 18.3 Å². The van der Waals surface area contributed by atoms with Gasteiger partial charge in [-0.25, -0.2) is 0 Å². The average molecular weight is 225 g/mol. The van der Waals surface area contributed by atoms with Crippen LogP contribution in [0.2, 0.25) is 0 Å². The lowest BCUT2D eigenvalue weighted by atomic mass is 10.2. The van der Waals surface area contributed by atoms with Crippen molar-refractivity contribution in [3.63, 3.8) is 0 Å². The number of hydrogen-bond donors (Lipinski definition) is 1. The van der Waals surface area contributed by atoms with E-state index in [9.17, 15) is 0 Å². The second-order valence-electron chi connectivity index (χ2n) is 4.07. The summed E-state index contributed by atoms with van der Waals surface area (Å²) in [7, 11) is 0. The molecule has 2 rings (SSSR count). The summed E-state index contributed by atoms with van der Waals surface area (Å²) in [6.07, 6.45) is 7.33. The SMILES string of the molecule is c1coc(CSCCNC2CCCC2)c1. The van der Waals surface area contributed by atoms with Crippen molar-refractivity contribution in [2.45, 2.75) is 37.5 Å². The van der Waals surface area contributed by atoms with Crippen molar-refractivity contribution in [3.05, 3.63) is 24.2 Å². The van der Waals surface area contributed by atoms with E-state index in [2.05, 4.69) is 5.32 Å². The molecule has 0 atom stereocenters. The smallest absolute Gasteiger partial charge is 0.113 e. The lowest BCUT2D eigenvalue weighted by Gasteiger charge is -2.10. The fraction of sp³-hybridized carbons (Fsp3) is 0.667. The molecule has 0 spiro atoms. The topological polar surface area (TPSA) is 25.2 Å². The molecule has 2 nitrogen and oxygen atoms in total. The first kappa shape index (κ1) is 11.1. The van der Waals surface area contributed by atoms with Crippen LogP contribution in [0, 0.1) is 0 Å². The summed E-state index contributed by atoms with van der Waals surface area (Å²) in [5, 5.41) is 3.61. The molecule has 1 aliphatic rings. The van der Waals surface area contributed by atoms with E-state index in [1.54, 1.807) is 6.26 Å². The number of nitrogens with one attached hydrogen (secondary N) is 1. The molecule has 0 amide bonds. The predicted octanol–water partition coefficient (Wildman–Crippen LogP) is 3.05. The average Bonchev–Trinajstić information content (AvgIpc) is 2.88. The van der Waals surface area contributed by atoms with Crippen molar-refractivity contribution in [3.8, 4) is 0 Å². The van der Waals surface area contributed by atoms with Gasteiger partial charge in [-0.2, -0.15) is 11.8 Å². The summed E-state index contributed by atoms with van der Waals surface area (Å²) in [6, 6.07) is 4.79. The molecule has 1 aromatic rings. The Morgan fingerprint density at radius 2 is 2.27 bits per heavy atom. The van der Waals surface area contributed by atoms with Crippen molar-refractivity contribution in [1.82, 2.24) is 5.32 Å². The maximum atomic E-state index is 5.27. The largest absolute Gasteiger partial charge is 0.468 e. The second-order valence-corrected chi connectivity index (χ2v) is 5.17. The third kappa shape index (κ3) is 3.92. The first-order valence-corrected chi connectivity index (χ1v) is 6.94. The van der Waals surface area contributed by atoms with E-state index in [0.717, 1.165) is 24.1 Å². The van der Waals surface area contributed by atoms with E-state index in [1.165, 1.54) is 31.4 Å². The van der Waals surface area contributed by atoms with E-state index in [1.807, 2.05) is 23.9 Å². The normalized spacial score (nSPS) is 17.3. The molecule has 0 radical (unpaired) electrons. The molecule has 84 valence electrons. The van der Waals surface area contributed by atoms with Gasteiger partial charge < -0.3 is 9.73 Å². The molecule has 3 heteroatoms. The Kier molecular flexibility index (Phi) is 4.61. The fourth-order valence-corrected chi connectivity index (χ4v) is 2.80. The van der Waals surface area contributed by atoms with E-state index >= 15 is 0 Å². The monoisotopic (exact) mass is 225 g/mol. The van der Waals surface area contributed by atoms with Gasteiger partial charge in [-0.3, -0.25) is 0 Å². The Bertz CT molecular complexity index is 255. The number of rotatable bonds is 6. The number of hydrogen-bond acceptors (Lipinski definition) is 3. The Morgan fingerprint density at radius 3 is 3.00 bits per heavy atom. The first-order valence-electron chi connectivity index (χ1n) is 5.78. The summed E-state index contributed by atoms with van der Waals surface area (Å²) in [5.41, 5.74) is 0. The number of furan rings is 1. The van der Waals surface area contributed by atoms with Crippen LogP contribution in [0.3, 0.4) is 0 Å². The Hall–Kier alpha value is -0.410. The summed E-state index contributed by atoms with van der Waals surface area (Å²) in [5.74, 6) is 3.26. The van der Waals surface area contributed by atoms with E-state index < -0.39 is 0 Å². The Labute approximate surface area is 95.8 Å². The molecule has 1 N–H and O–H groups in total. The summed E-state index contributed by atoms with van der Waals surface area (Å²) >= 11 is 1.94. The second kappa shape index (κ2) is 6.23. The van der Waals surface area contributed by atoms with Crippen molar-refractivity contribution in [2.75, 3.05) is 12.3 Å². The summed E-state index contributed by atoms with van der Waals surface area (Å²) in [6.45, 7) is 1.13. The van der Waals surface area contributed by atoms with Gasteiger partial charge in [0.05, 0.1) is 12.0 Å². The van der Waals surface area contributed by atoms with Crippen LogP contribution >= 0.6 is 11.8 Å². The Morgan fingerprint density at radius 1 is 1.40 bits per heavy atom. The third-order valence-corrected chi connectivity index (χ3v) is 3.84. The highest BCUT2D eigenvalue weighted by molar-refractivity contribution is 7.98. The maximum absolute atomic E-state index is 5.27. The summed E-state index contributed by atoms with van der Waals surface area (Å²) < 4.78 is 5.27. The zero-order chi connectivity index (χ0) is 10.3. The van der Waals surface area contributed by atoms with Gasteiger partial charge in [-0.05, 0) is 25.0 Å². The van der Waals surface area contributed by atoms with E-state index in [0.29, 0.717) is 0 Å². The molecule has 1 aliphatic carbocycles. The van der Waals surface area contributed by atoms with E-state index in [-0.39, 0.29) is 0 Å². The fourth-order valence-electron chi connectivity index (χ4n) is 2.03. The molecule has 0 saturated heterocycles. The van der Waals surface area contributed by atoms with Crippen molar-refractivity contribution < 1.29 is 4.42 Å². The first-order chi connectivity index (χ1) is 7.45. The van der Waals surface area contributed by atoms with Crippen LogP contribution in [0.25, 0.3) is 0 Å². The van der Waals surface area contributed by atoms with Crippen LogP contribution in [-0.2, 0) is 5.75 Å². The van der Waals surface area contributed by atoms with E-state index in [4.69, 9.17) is 4.42 Å². The Balaban J connectivity index is 1.48. The molecule has 0 aliphatic heterocycles. The van der Waals surface area contributed by atoms with Crippen LogP contribution < -0.4 is 5.32 Å².